The summed E-state index contributed by atoms with van der Waals surface area (Å²) in [6.45, 7) is 1.80. The van der Waals surface area contributed by atoms with Gasteiger partial charge in [0.25, 0.3) is 5.60 Å². The summed E-state index contributed by atoms with van der Waals surface area (Å²) in [7, 11) is -3.67. The van der Waals surface area contributed by atoms with E-state index in [2.05, 4.69) is 10.0 Å². The highest BCUT2D eigenvalue weighted by molar-refractivity contribution is 7.89. The number of sulfonamides is 1. The number of carbonyl (C=O) groups excluding carboxylic acids is 1. The Morgan fingerprint density at radius 1 is 0.906 bits per heavy atom. The summed E-state index contributed by atoms with van der Waals surface area (Å²) in [4.78, 5) is 12.1. The molecule has 0 fully saturated rings. The molecule has 0 saturated carbocycles. The number of halogens is 6. The van der Waals surface area contributed by atoms with Crippen molar-refractivity contribution in [1.82, 2.24) is 4.72 Å². The van der Waals surface area contributed by atoms with Crippen LogP contribution < -0.4 is 10.0 Å². The van der Waals surface area contributed by atoms with Crippen molar-refractivity contribution in [3.8, 4) is 0 Å². The van der Waals surface area contributed by atoms with Gasteiger partial charge in [-0.25, -0.2) is 13.1 Å². The number of alkyl halides is 6. The van der Waals surface area contributed by atoms with Crippen molar-refractivity contribution in [2.75, 3.05) is 11.9 Å². The molecular weight excluding hydrogens is 466 g/mol. The van der Waals surface area contributed by atoms with E-state index >= 15 is 0 Å². The number of anilines is 1. The Morgan fingerprint density at radius 3 is 1.84 bits per heavy atom. The van der Waals surface area contributed by atoms with E-state index in [1.165, 1.54) is 24.3 Å². The number of amides is 1. The molecule has 0 bridgehead atoms. The maximum atomic E-state index is 12.9. The second kappa shape index (κ2) is 9.08. The fourth-order valence-corrected chi connectivity index (χ4v) is 3.77. The molecule has 0 saturated heterocycles. The lowest BCUT2D eigenvalue weighted by Gasteiger charge is -2.32. The van der Waals surface area contributed by atoms with Gasteiger partial charge >= 0.3 is 12.4 Å². The van der Waals surface area contributed by atoms with Crippen molar-refractivity contribution in [3.05, 3.63) is 59.7 Å². The number of aliphatic hydroxyl groups is 1. The number of hydrogen-bond donors (Lipinski definition) is 3. The average molecular weight is 484 g/mol. The highest BCUT2D eigenvalue weighted by Crippen LogP contribution is 2.50. The van der Waals surface area contributed by atoms with Crippen LogP contribution in [-0.2, 0) is 26.8 Å². The molecule has 0 spiro atoms. The molecule has 176 valence electrons. The maximum absolute atomic E-state index is 12.9. The van der Waals surface area contributed by atoms with Gasteiger partial charge in [-0.05, 0) is 29.8 Å². The van der Waals surface area contributed by atoms with E-state index in [9.17, 15) is 44.7 Å². The van der Waals surface area contributed by atoms with Crippen LogP contribution in [0.4, 0.5) is 32.0 Å². The predicted octanol–water partition coefficient (Wildman–Crippen LogP) is 3.48. The third kappa shape index (κ3) is 5.40. The highest BCUT2D eigenvalue weighted by atomic mass is 32.2. The van der Waals surface area contributed by atoms with Gasteiger partial charge in [0.2, 0.25) is 15.9 Å². The summed E-state index contributed by atoms with van der Waals surface area (Å²) in [5.74, 6) is -0.651. The van der Waals surface area contributed by atoms with E-state index in [0.29, 0.717) is 17.7 Å². The molecule has 1 amide bonds. The van der Waals surface area contributed by atoms with Crippen LogP contribution in [0.15, 0.2) is 53.4 Å². The number of nitrogens with one attached hydrogen (secondary N) is 2. The summed E-state index contributed by atoms with van der Waals surface area (Å²) >= 11 is 0. The summed E-state index contributed by atoms with van der Waals surface area (Å²) in [6.07, 6.45) is -12.3. The molecule has 0 heterocycles. The van der Waals surface area contributed by atoms with E-state index in [-0.39, 0.29) is 23.5 Å². The SMILES string of the molecule is CCNS(=O)(=O)c1ccc(CC(=O)Nc2ccc(C(O)(C(F)(F)F)C(F)(F)F)cc2)cc1. The third-order valence-corrected chi connectivity index (χ3v) is 5.90. The van der Waals surface area contributed by atoms with Crippen LogP contribution in [0.1, 0.15) is 18.1 Å². The van der Waals surface area contributed by atoms with E-state index in [1.54, 1.807) is 6.92 Å². The van der Waals surface area contributed by atoms with Crippen LogP contribution in [-0.4, -0.2) is 38.3 Å². The van der Waals surface area contributed by atoms with Crippen molar-refractivity contribution >= 4 is 21.6 Å². The normalized spacial score (nSPS) is 13.1. The van der Waals surface area contributed by atoms with Crippen LogP contribution in [0.2, 0.25) is 0 Å². The Morgan fingerprint density at radius 2 is 1.41 bits per heavy atom. The molecule has 6 nitrogen and oxygen atoms in total. The Hall–Kier alpha value is -2.64. The number of benzene rings is 2. The van der Waals surface area contributed by atoms with Crippen LogP contribution in [0.3, 0.4) is 0 Å². The quantitative estimate of drug-likeness (QED) is 0.525. The lowest BCUT2D eigenvalue weighted by Crippen LogP contribution is -2.53. The smallest absolute Gasteiger partial charge is 0.369 e. The monoisotopic (exact) mass is 484 g/mol. The fraction of sp³-hybridized carbons (Fsp3) is 0.316. The van der Waals surface area contributed by atoms with Crippen LogP contribution >= 0.6 is 0 Å². The van der Waals surface area contributed by atoms with Crippen molar-refractivity contribution in [2.45, 2.75) is 36.2 Å². The Labute approximate surface area is 179 Å². The molecule has 0 aliphatic rings. The van der Waals surface area contributed by atoms with Gasteiger partial charge in [0.05, 0.1) is 11.3 Å². The molecule has 13 heteroatoms. The molecular formula is C19H18F6N2O4S. The summed E-state index contributed by atoms with van der Waals surface area (Å²) in [5, 5.41) is 11.6. The molecule has 0 radical (unpaired) electrons. The molecule has 3 N–H and O–H groups in total. The first-order valence-corrected chi connectivity index (χ1v) is 10.4. The van der Waals surface area contributed by atoms with Crippen LogP contribution in [0.25, 0.3) is 0 Å². The van der Waals surface area contributed by atoms with Crippen molar-refractivity contribution in [2.24, 2.45) is 0 Å². The van der Waals surface area contributed by atoms with Gasteiger partial charge in [0.1, 0.15) is 0 Å². The standard InChI is InChI=1S/C19H18F6N2O4S/c1-2-26-32(30,31)15-9-3-12(4-10-15)11-16(28)27-14-7-5-13(6-8-14)17(29,18(20,21)22)19(23,24)25/h3-10,26,29H,2,11H2,1H3,(H,27,28). The molecule has 0 atom stereocenters. The first-order valence-electron chi connectivity index (χ1n) is 8.96. The van der Waals surface area contributed by atoms with Gasteiger partial charge in [-0.1, -0.05) is 31.2 Å². The topological polar surface area (TPSA) is 95.5 Å². The molecule has 2 aromatic rings. The van der Waals surface area contributed by atoms with E-state index in [0.717, 1.165) is 12.1 Å². The largest absolute Gasteiger partial charge is 0.430 e. The van der Waals surface area contributed by atoms with Crippen molar-refractivity contribution in [3.63, 3.8) is 0 Å². The predicted molar refractivity (Wildman–Crippen MR) is 102 cm³/mol. The molecule has 0 aromatic heterocycles. The molecule has 0 unspecified atom stereocenters. The lowest BCUT2D eigenvalue weighted by molar-refractivity contribution is -0.376. The zero-order valence-corrected chi connectivity index (χ0v) is 17.2. The van der Waals surface area contributed by atoms with Gasteiger partial charge in [0, 0.05) is 17.8 Å². The van der Waals surface area contributed by atoms with Gasteiger partial charge in [0.15, 0.2) is 0 Å². The van der Waals surface area contributed by atoms with Gasteiger partial charge in [-0.15, -0.1) is 0 Å². The first-order chi connectivity index (χ1) is 14.6. The second-order valence-electron chi connectivity index (χ2n) is 6.65. The Bertz CT molecular complexity index is 1040. The van der Waals surface area contributed by atoms with E-state index in [1.807, 2.05) is 0 Å². The van der Waals surface area contributed by atoms with Gasteiger partial charge in [-0.3, -0.25) is 4.79 Å². The Kier molecular flexibility index (Phi) is 7.27. The number of hydrogen-bond acceptors (Lipinski definition) is 4. The Balaban J connectivity index is 2.12. The minimum atomic E-state index is -6.01. The number of carbonyl (C=O) groups is 1. The second-order valence-corrected chi connectivity index (χ2v) is 8.42. The molecule has 2 rings (SSSR count). The summed E-state index contributed by atoms with van der Waals surface area (Å²) in [5.41, 5.74) is -6.19. The fourth-order valence-electron chi connectivity index (χ4n) is 2.73. The lowest BCUT2D eigenvalue weighted by atomic mass is 9.92. The average Bonchev–Trinajstić information content (AvgIpc) is 2.66. The van der Waals surface area contributed by atoms with E-state index < -0.39 is 39.4 Å². The number of rotatable bonds is 7. The summed E-state index contributed by atoms with van der Waals surface area (Å²) in [6, 6.07) is 7.76. The summed E-state index contributed by atoms with van der Waals surface area (Å²) < 4.78 is 103. The zero-order chi connectivity index (χ0) is 24.4. The highest BCUT2D eigenvalue weighted by Gasteiger charge is 2.71. The van der Waals surface area contributed by atoms with Crippen LogP contribution in [0.5, 0.6) is 0 Å². The molecule has 0 aliphatic heterocycles. The molecule has 32 heavy (non-hydrogen) atoms. The van der Waals surface area contributed by atoms with Crippen molar-refractivity contribution < 1.29 is 44.7 Å². The van der Waals surface area contributed by atoms with E-state index in [4.69, 9.17) is 0 Å². The van der Waals surface area contributed by atoms with Gasteiger partial charge in [-0.2, -0.15) is 26.3 Å². The molecule has 0 aliphatic carbocycles. The molecule has 2 aromatic carbocycles. The maximum Gasteiger partial charge on any atom is 0.430 e. The van der Waals surface area contributed by atoms with Crippen molar-refractivity contribution in [1.29, 1.82) is 0 Å². The minimum Gasteiger partial charge on any atom is -0.369 e. The minimum absolute atomic E-state index is 0.0130. The zero-order valence-electron chi connectivity index (χ0n) is 16.4. The first kappa shape index (κ1) is 25.6. The van der Waals surface area contributed by atoms with Crippen LogP contribution in [0, 0.1) is 0 Å². The van der Waals surface area contributed by atoms with Gasteiger partial charge < -0.3 is 10.4 Å². The third-order valence-electron chi connectivity index (χ3n) is 4.34.